The van der Waals surface area contributed by atoms with E-state index in [0.29, 0.717) is 5.92 Å². The van der Waals surface area contributed by atoms with Gasteiger partial charge in [0.2, 0.25) is 0 Å². The van der Waals surface area contributed by atoms with Crippen LogP contribution in [0.15, 0.2) is 30.6 Å². The molecular formula is C16H18N2O. The van der Waals surface area contributed by atoms with Crippen molar-refractivity contribution in [3.63, 3.8) is 0 Å². The second-order valence-electron chi connectivity index (χ2n) is 5.22. The highest BCUT2D eigenvalue weighted by Crippen LogP contribution is 2.28. The number of benzene rings is 1. The van der Waals surface area contributed by atoms with Gasteiger partial charge in [0.25, 0.3) is 0 Å². The van der Waals surface area contributed by atoms with E-state index in [1.165, 1.54) is 11.1 Å². The Hall–Kier alpha value is -1.90. The average molecular weight is 254 g/mol. The Morgan fingerprint density at radius 1 is 1.21 bits per heavy atom. The SMILES string of the molecule is Cc1ncnc(C[C@H]2COc3ccccc3C2)c1C. The van der Waals surface area contributed by atoms with Crippen LogP contribution in [0.3, 0.4) is 0 Å². The summed E-state index contributed by atoms with van der Waals surface area (Å²) >= 11 is 0. The second-order valence-corrected chi connectivity index (χ2v) is 5.22. The second kappa shape index (κ2) is 5.00. The summed E-state index contributed by atoms with van der Waals surface area (Å²) in [6.45, 7) is 4.91. The monoisotopic (exact) mass is 254 g/mol. The maximum atomic E-state index is 5.83. The summed E-state index contributed by atoms with van der Waals surface area (Å²) in [7, 11) is 0. The van der Waals surface area contributed by atoms with Crippen molar-refractivity contribution in [2.24, 2.45) is 5.92 Å². The number of nitrogens with zero attached hydrogens (tertiary/aromatic N) is 2. The van der Waals surface area contributed by atoms with Crippen LogP contribution in [0.25, 0.3) is 0 Å². The fourth-order valence-corrected chi connectivity index (χ4v) is 2.59. The molecule has 0 N–H and O–H groups in total. The number of hydrogen-bond acceptors (Lipinski definition) is 3. The van der Waals surface area contributed by atoms with Crippen LogP contribution in [0.2, 0.25) is 0 Å². The predicted molar refractivity (Wildman–Crippen MR) is 74.3 cm³/mol. The molecule has 0 spiro atoms. The van der Waals surface area contributed by atoms with Crippen LogP contribution < -0.4 is 4.74 Å². The number of para-hydroxylation sites is 1. The lowest BCUT2D eigenvalue weighted by Gasteiger charge is -2.25. The lowest BCUT2D eigenvalue weighted by atomic mass is 9.91. The third-order valence-electron chi connectivity index (χ3n) is 3.88. The first-order valence-corrected chi connectivity index (χ1v) is 6.72. The summed E-state index contributed by atoms with van der Waals surface area (Å²) < 4.78 is 5.83. The van der Waals surface area contributed by atoms with Crippen molar-refractivity contribution in [3.05, 3.63) is 53.1 Å². The molecule has 0 saturated heterocycles. The van der Waals surface area contributed by atoms with Gasteiger partial charge in [-0.3, -0.25) is 0 Å². The number of fused-ring (bicyclic) bond motifs is 1. The van der Waals surface area contributed by atoms with Crippen molar-refractivity contribution < 1.29 is 4.74 Å². The molecule has 0 unspecified atom stereocenters. The molecule has 1 aliphatic heterocycles. The zero-order valence-electron chi connectivity index (χ0n) is 11.4. The van der Waals surface area contributed by atoms with E-state index in [-0.39, 0.29) is 0 Å². The maximum Gasteiger partial charge on any atom is 0.122 e. The van der Waals surface area contributed by atoms with Gasteiger partial charge >= 0.3 is 0 Å². The molecule has 1 aliphatic rings. The van der Waals surface area contributed by atoms with Gasteiger partial charge in [-0.25, -0.2) is 9.97 Å². The first kappa shape index (κ1) is 12.2. The Kier molecular flexibility index (Phi) is 3.20. The van der Waals surface area contributed by atoms with Crippen LogP contribution in [0.5, 0.6) is 5.75 Å². The number of ether oxygens (including phenoxy) is 1. The molecule has 0 fully saturated rings. The van der Waals surface area contributed by atoms with Crippen LogP contribution in [0.1, 0.15) is 22.5 Å². The Morgan fingerprint density at radius 2 is 2.05 bits per heavy atom. The minimum Gasteiger partial charge on any atom is -0.493 e. The molecule has 0 bridgehead atoms. The van der Waals surface area contributed by atoms with Gasteiger partial charge in [0.05, 0.1) is 6.61 Å². The molecule has 3 nitrogen and oxygen atoms in total. The van der Waals surface area contributed by atoms with Gasteiger partial charge in [0.15, 0.2) is 0 Å². The Bertz CT molecular complexity index is 595. The summed E-state index contributed by atoms with van der Waals surface area (Å²) in [6.07, 6.45) is 3.69. The summed E-state index contributed by atoms with van der Waals surface area (Å²) in [5.74, 6) is 1.54. The Morgan fingerprint density at radius 3 is 2.95 bits per heavy atom. The van der Waals surface area contributed by atoms with Crippen molar-refractivity contribution >= 4 is 0 Å². The molecule has 1 atom stereocenters. The van der Waals surface area contributed by atoms with E-state index in [9.17, 15) is 0 Å². The van der Waals surface area contributed by atoms with E-state index in [2.05, 4.69) is 29.0 Å². The maximum absolute atomic E-state index is 5.83. The smallest absolute Gasteiger partial charge is 0.122 e. The highest BCUT2D eigenvalue weighted by molar-refractivity contribution is 5.35. The lowest BCUT2D eigenvalue weighted by molar-refractivity contribution is 0.220. The Balaban J connectivity index is 1.77. The number of aryl methyl sites for hydroxylation is 1. The van der Waals surface area contributed by atoms with E-state index >= 15 is 0 Å². The van der Waals surface area contributed by atoms with E-state index in [4.69, 9.17) is 4.74 Å². The van der Waals surface area contributed by atoms with Gasteiger partial charge < -0.3 is 4.74 Å². The van der Waals surface area contributed by atoms with Crippen LogP contribution in [-0.4, -0.2) is 16.6 Å². The summed E-state index contributed by atoms with van der Waals surface area (Å²) in [5.41, 5.74) is 4.74. The molecular weight excluding hydrogens is 236 g/mol. The van der Waals surface area contributed by atoms with E-state index in [1.807, 2.05) is 19.1 Å². The minimum absolute atomic E-state index is 0.503. The van der Waals surface area contributed by atoms with Crippen molar-refractivity contribution in [1.82, 2.24) is 9.97 Å². The summed E-state index contributed by atoms with van der Waals surface area (Å²) in [5, 5.41) is 0. The standard InChI is InChI=1S/C16H18N2O/c1-11-12(2)17-10-18-15(11)8-13-7-14-5-3-4-6-16(14)19-9-13/h3-6,10,13H,7-9H2,1-2H3/t13-/m0/s1. The van der Waals surface area contributed by atoms with Gasteiger partial charge in [-0.15, -0.1) is 0 Å². The molecule has 0 saturated carbocycles. The number of rotatable bonds is 2. The molecule has 3 rings (SSSR count). The largest absolute Gasteiger partial charge is 0.493 e. The first-order valence-electron chi connectivity index (χ1n) is 6.72. The van der Waals surface area contributed by atoms with E-state index < -0.39 is 0 Å². The van der Waals surface area contributed by atoms with Crippen molar-refractivity contribution in [2.75, 3.05) is 6.61 Å². The van der Waals surface area contributed by atoms with Gasteiger partial charge in [-0.05, 0) is 43.9 Å². The molecule has 3 heteroatoms. The van der Waals surface area contributed by atoms with Gasteiger partial charge in [-0.1, -0.05) is 18.2 Å². The average Bonchev–Trinajstić information content (AvgIpc) is 2.44. The lowest BCUT2D eigenvalue weighted by Crippen LogP contribution is -2.23. The molecule has 0 aliphatic carbocycles. The van der Waals surface area contributed by atoms with Gasteiger partial charge in [0.1, 0.15) is 12.1 Å². The zero-order valence-corrected chi connectivity index (χ0v) is 11.4. The van der Waals surface area contributed by atoms with Crippen molar-refractivity contribution in [2.45, 2.75) is 26.7 Å². The van der Waals surface area contributed by atoms with Gasteiger partial charge in [0, 0.05) is 17.3 Å². The number of hydrogen-bond donors (Lipinski definition) is 0. The molecule has 0 radical (unpaired) electrons. The van der Waals surface area contributed by atoms with E-state index in [1.54, 1.807) is 6.33 Å². The molecule has 98 valence electrons. The van der Waals surface area contributed by atoms with Crippen LogP contribution in [0.4, 0.5) is 0 Å². The zero-order chi connectivity index (χ0) is 13.2. The summed E-state index contributed by atoms with van der Waals surface area (Å²) in [6, 6.07) is 8.30. The van der Waals surface area contributed by atoms with Crippen molar-refractivity contribution in [3.8, 4) is 5.75 Å². The first-order chi connectivity index (χ1) is 9.24. The minimum atomic E-state index is 0.503. The van der Waals surface area contributed by atoms with Crippen LogP contribution in [0, 0.1) is 19.8 Å². The molecule has 1 aromatic heterocycles. The van der Waals surface area contributed by atoms with Crippen LogP contribution in [-0.2, 0) is 12.8 Å². The summed E-state index contributed by atoms with van der Waals surface area (Å²) in [4.78, 5) is 8.65. The van der Waals surface area contributed by atoms with Crippen molar-refractivity contribution in [1.29, 1.82) is 0 Å². The fourth-order valence-electron chi connectivity index (χ4n) is 2.59. The predicted octanol–water partition coefficient (Wildman–Crippen LogP) is 2.89. The quantitative estimate of drug-likeness (QED) is 0.826. The van der Waals surface area contributed by atoms with E-state index in [0.717, 1.165) is 36.6 Å². The topological polar surface area (TPSA) is 35.0 Å². The van der Waals surface area contributed by atoms with Crippen LogP contribution >= 0.6 is 0 Å². The molecule has 2 heterocycles. The Labute approximate surface area is 113 Å². The molecule has 1 aromatic carbocycles. The normalized spacial score (nSPS) is 17.7. The molecule has 0 amide bonds. The fraction of sp³-hybridized carbons (Fsp3) is 0.375. The third-order valence-corrected chi connectivity index (χ3v) is 3.88. The molecule has 2 aromatic rings. The number of aromatic nitrogens is 2. The highest BCUT2D eigenvalue weighted by atomic mass is 16.5. The third kappa shape index (κ3) is 2.46. The van der Waals surface area contributed by atoms with Gasteiger partial charge in [-0.2, -0.15) is 0 Å². The highest BCUT2D eigenvalue weighted by Gasteiger charge is 2.21. The molecule has 19 heavy (non-hydrogen) atoms.